The molecule has 0 aromatic carbocycles. The van der Waals surface area contributed by atoms with Gasteiger partial charge in [-0.25, -0.2) is 0 Å². The summed E-state index contributed by atoms with van der Waals surface area (Å²) >= 11 is 0. The highest BCUT2D eigenvalue weighted by atomic mass is 16.2. The van der Waals surface area contributed by atoms with Crippen molar-refractivity contribution in [2.75, 3.05) is 38.5 Å². The number of piperazine rings is 1. The first-order chi connectivity index (χ1) is 9.15. The summed E-state index contributed by atoms with van der Waals surface area (Å²) < 4.78 is 1.56. The molecule has 3 rings (SSSR count). The highest BCUT2D eigenvalue weighted by Crippen LogP contribution is 2.30. The summed E-state index contributed by atoms with van der Waals surface area (Å²) in [7, 11) is 1.76. The summed E-state index contributed by atoms with van der Waals surface area (Å²) in [6, 6.07) is 0. The van der Waals surface area contributed by atoms with Crippen molar-refractivity contribution in [3.63, 3.8) is 0 Å². The molecule has 0 unspecified atom stereocenters. The molecular weight excluding hydrogens is 242 g/mol. The summed E-state index contributed by atoms with van der Waals surface area (Å²) in [6.07, 6.45) is 4.30. The van der Waals surface area contributed by atoms with Gasteiger partial charge in [0.2, 0.25) is 0 Å². The van der Waals surface area contributed by atoms with E-state index in [-0.39, 0.29) is 5.91 Å². The summed E-state index contributed by atoms with van der Waals surface area (Å²) in [6.45, 7) is 4.72. The Kier molecular flexibility index (Phi) is 3.18. The van der Waals surface area contributed by atoms with Crippen molar-refractivity contribution >= 4 is 11.6 Å². The maximum Gasteiger partial charge on any atom is 0.274 e. The smallest absolute Gasteiger partial charge is 0.274 e. The molecule has 104 valence electrons. The molecule has 0 atom stereocenters. The Morgan fingerprint density at radius 1 is 1.37 bits per heavy atom. The van der Waals surface area contributed by atoms with Gasteiger partial charge in [0.05, 0.1) is 11.9 Å². The molecule has 2 fully saturated rings. The number of hydrogen-bond donors (Lipinski definition) is 1. The normalized spacial score (nSPS) is 20.8. The molecule has 1 amide bonds. The van der Waals surface area contributed by atoms with E-state index in [4.69, 9.17) is 5.73 Å². The van der Waals surface area contributed by atoms with Crippen LogP contribution in [-0.2, 0) is 7.05 Å². The number of nitrogens with zero attached hydrogens (tertiary/aromatic N) is 4. The maximum atomic E-state index is 12.4. The Labute approximate surface area is 113 Å². The van der Waals surface area contributed by atoms with E-state index in [0.717, 1.165) is 32.1 Å². The van der Waals surface area contributed by atoms with Gasteiger partial charge in [0, 0.05) is 39.8 Å². The van der Waals surface area contributed by atoms with Crippen LogP contribution in [0.2, 0.25) is 0 Å². The van der Waals surface area contributed by atoms with Crippen LogP contribution in [0.15, 0.2) is 6.20 Å². The van der Waals surface area contributed by atoms with E-state index < -0.39 is 0 Å². The van der Waals surface area contributed by atoms with Crippen LogP contribution in [0.25, 0.3) is 0 Å². The van der Waals surface area contributed by atoms with E-state index in [1.165, 1.54) is 25.6 Å². The fourth-order valence-electron chi connectivity index (χ4n) is 2.67. The number of amides is 1. The Hall–Kier alpha value is -1.56. The maximum absolute atomic E-state index is 12.4. The Balaban J connectivity index is 1.60. The molecular formula is C13H21N5O. The minimum absolute atomic E-state index is 0.00331. The molecule has 19 heavy (non-hydrogen) atoms. The van der Waals surface area contributed by atoms with Gasteiger partial charge in [-0.1, -0.05) is 0 Å². The predicted octanol–water partition coefficient (Wildman–Crippen LogP) is 0.170. The van der Waals surface area contributed by atoms with E-state index >= 15 is 0 Å². The number of nitrogen functional groups attached to an aromatic ring is 1. The number of carbonyl (C=O) groups excluding carboxylic acids is 1. The molecule has 2 heterocycles. The number of anilines is 1. The Bertz CT molecular complexity index is 452. The average Bonchev–Trinajstić information content (AvgIpc) is 3.15. The lowest BCUT2D eigenvalue weighted by atomic mass is 10.2. The van der Waals surface area contributed by atoms with E-state index in [0.29, 0.717) is 11.4 Å². The lowest BCUT2D eigenvalue weighted by molar-refractivity contribution is 0.0622. The van der Waals surface area contributed by atoms with E-state index in [1.807, 2.05) is 4.90 Å². The lowest BCUT2D eigenvalue weighted by Gasteiger charge is -2.34. The van der Waals surface area contributed by atoms with Crippen molar-refractivity contribution in [1.82, 2.24) is 19.6 Å². The van der Waals surface area contributed by atoms with Gasteiger partial charge >= 0.3 is 0 Å². The molecule has 1 saturated carbocycles. The first kappa shape index (κ1) is 12.5. The second-order valence-corrected chi connectivity index (χ2v) is 5.61. The van der Waals surface area contributed by atoms with Gasteiger partial charge in [-0.15, -0.1) is 0 Å². The molecule has 0 bridgehead atoms. The van der Waals surface area contributed by atoms with Gasteiger partial charge in [0.25, 0.3) is 5.91 Å². The Morgan fingerprint density at radius 3 is 2.58 bits per heavy atom. The van der Waals surface area contributed by atoms with Crippen LogP contribution in [-0.4, -0.2) is 58.2 Å². The van der Waals surface area contributed by atoms with Gasteiger partial charge in [-0.3, -0.25) is 14.4 Å². The van der Waals surface area contributed by atoms with Crippen molar-refractivity contribution < 1.29 is 4.79 Å². The van der Waals surface area contributed by atoms with Crippen molar-refractivity contribution in [1.29, 1.82) is 0 Å². The number of carbonyl (C=O) groups is 1. The van der Waals surface area contributed by atoms with Crippen molar-refractivity contribution in [3.8, 4) is 0 Å². The number of aromatic nitrogens is 2. The van der Waals surface area contributed by atoms with Crippen molar-refractivity contribution in [2.45, 2.75) is 12.8 Å². The average molecular weight is 263 g/mol. The van der Waals surface area contributed by atoms with Crippen LogP contribution >= 0.6 is 0 Å². The van der Waals surface area contributed by atoms with E-state index in [1.54, 1.807) is 11.7 Å². The molecule has 6 heteroatoms. The molecule has 1 aliphatic carbocycles. The first-order valence-electron chi connectivity index (χ1n) is 6.94. The summed E-state index contributed by atoms with van der Waals surface area (Å²) in [5.41, 5.74) is 6.78. The lowest BCUT2D eigenvalue weighted by Crippen LogP contribution is -2.49. The fraction of sp³-hybridized carbons (Fsp3) is 0.692. The molecule has 1 aromatic rings. The standard InChI is InChI=1S/C13H21N5O/c1-16-12(11(14)8-15-16)13(19)18-6-4-17(5-7-18)9-10-2-3-10/h8,10H,2-7,9,14H2,1H3. The third kappa shape index (κ3) is 2.58. The second kappa shape index (κ2) is 4.85. The van der Waals surface area contributed by atoms with Gasteiger partial charge < -0.3 is 10.6 Å². The number of nitrogens with two attached hydrogens (primary N) is 1. The zero-order valence-corrected chi connectivity index (χ0v) is 11.4. The highest BCUT2D eigenvalue weighted by Gasteiger charge is 2.29. The highest BCUT2D eigenvalue weighted by molar-refractivity contribution is 5.97. The second-order valence-electron chi connectivity index (χ2n) is 5.61. The van der Waals surface area contributed by atoms with Crippen LogP contribution in [0.3, 0.4) is 0 Å². The van der Waals surface area contributed by atoms with E-state index in [2.05, 4.69) is 10.00 Å². The molecule has 1 saturated heterocycles. The summed E-state index contributed by atoms with van der Waals surface area (Å²) in [4.78, 5) is 16.8. The van der Waals surface area contributed by atoms with Crippen LogP contribution in [0, 0.1) is 5.92 Å². The molecule has 0 spiro atoms. The van der Waals surface area contributed by atoms with Crippen LogP contribution in [0.1, 0.15) is 23.3 Å². The van der Waals surface area contributed by atoms with Crippen LogP contribution in [0.4, 0.5) is 5.69 Å². The molecule has 0 radical (unpaired) electrons. The fourth-order valence-corrected chi connectivity index (χ4v) is 2.67. The van der Waals surface area contributed by atoms with Gasteiger partial charge in [-0.2, -0.15) is 5.10 Å². The van der Waals surface area contributed by atoms with Crippen molar-refractivity contribution in [2.24, 2.45) is 13.0 Å². The summed E-state index contributed by atoms with van der Waals surface area (Å²) in [5.74, 6) is 0.915. The zero-order valence-electron chi connectivity index (χ0n) is 11.4. The van der Waals surface area contributed by atoms with Gasteiger partial charge in [-0.05, 0) is 18.8 Å². The first-order valence-corrected chi connectivity index (χ1v) is 6.94. The quantitative estimate of drug-likeness (QED) is 0.844. The SMILES string of the molecule is Cn1ncc(N)c1C(=O)N1CCN(CC2CC2)CC1. The molecule has 1 aliphatic heterocycles. The third-order valence-corrected chi connectivity index (χ3v) is 4.04. The largest absolute Gasteiger partial charge is 0.396 e. The Morgan fingerprint density at radius 2 is 2.05 bits per heavy atom. The predicted molar refractivity (Wildman–Crippen MR) is 72.7 cm³/mol. The monoisotopic (exact) mass is 263 g/mol. The van der Waals surface area contributed by atoms with Crippen molar-refractivity contribution in [3.05, 3.63) is 11.9 Å². The molecule has 6 nitrogen and oxygen atoms in total. The zero-order chi connectivity index (χ0) is 13.4. The molecule has 2 N–H and O–H groups in total. The number of aryl methyl sites for hydroxylation is 1. The minimum atomic E-state index is 0.00331. The van der Waals surface area contributed by atoms with Gasteiger partial charge in [0.1, 0.15) is 5.69 Å². The number of hydrogen-bond acceptors (Lipinski definition) is 4. The van der Waals surface area contributed by atoms with Crippen LogP contribution in [0.5, 0.6) is 0 Å². The summed E-state index contributed by atoms with van der Waals surface area (Å²) in [5, 5.41) is 4.03. The number of rotatable bonds is 3. The molecule has 2 aliphatic rings. The van der Waals surface area contributed by atoms with Gasteiger partial charge in [0.15, 0.2) is 0 Å². The van der Waals surface area contributed by atoms with E-state index in [9.17, 15) is 4.79 Å². The topological polar surface area (TPSA) is 67.4 Å². The molecule has 1 aromatic heterocycles. The van der Waals surface area contributed by atoms with Crippen LogP contribution < -0.4 is 5.73 Å². The minimum Gasteiger partial charge on any atom is -0.396 e. The third-order valence-electron chi connectivity index (χ3n) is 4.04.